The molecule has 0 aliphatic carbocycles. The van der Waals surface area contributed by atoms with Crippen LogP contribution < -0.4 is 0 Å². The van der Waals surface area contributed by atoms with Crippen molar-refractivity contribution in [2.75, 3.05) is 6.61 Å². The van der Waals surface area contributed by atoms with Crippen LogP contribution >= 0.6 is 31.9 Å². The number of carbonyl (C=O) groups is 2. The van der Waals surface area contributed by atoms with E-state index in [1.54, 1.807) is 25.1 Å². The van der Waals surface area contributed by atoms with Gasteiger partial charge in [0.2, 0.25) is 5.78 Å². The topological polar surface area (TPSA) is 99.4 Å². The highest BCUT2D eigenvalue weighted by atomic mass is 79.9. The van der Waals surface area contributed by atoms with E-state index in [0.29, 0.717) is 22.2 Å². The number of carbonyl (C=O) groups excluding carboxylic acids is 2. The van der Waals surface area contributed by atoms with Crippen molar-refractivity contribution >= 4 is 60.2 Å². The van der Waals surface area contributed by atoms with Gasteiger partial charge in [-0.15, -0.1) is 0 Å². The summed E-state index contributed by atoms with van der Waals surface area (Å²) in [7, 11) is 0. The Hall–Kier alpha value is -3.43. The van der Waals surface area contributed by atoms with Crippen molar-refractivity contribution < 1.29 is 19.2 Å². The van der Waals surface area contributed by atoms with E-state index in [0.717, 1.165) is 14.5 Å². The van der Waals surface area contributed by atoms with Gasteiger partial charge in [0.25, 0.3) is 5.69 Å². The number of halogens is 2. The predicted octanol–water partition coefficient (Wildman–Crippen LogP) is 6.68. The summed E-state index contributed by atoms with van der Waals surface area (Å²) >= 11 is 6.81. The number of ketones is 1. The fraction of sp³-hybridized carbons (Fsp3) is 0.0800. The number of ether oxygens (including phenoxy) is 1. The Balaban J connectivity index is 1.64. The van der Waals surface area contributed by atoms with Crippen molar-refractivity contribution in [2.45, 2.75) is 6.92 Å². The summed E-state index contributed by atoms with van der Waals surface area (Å²) in [4.78, 5) is 40.9. The Morgan fingerprint density at radius 3 is 2.38 bits per heavy atom. The number of rotatable bonds is 6. The van der Waals surface area contributed by atoms with Crippen LogP contribution in [0.1, 0.15) is 26.3 Å². The molecule has 4 aromatic rings. The molecular formula is C25H16Br2N2O5. The van der Waals surface area contributed by atoms with E-state index < -0.39 is 23.3 Å². The number of pyridine rings is 1. The third-order valence-corrected chi connectivity index (χ3v) is 6.21. The Bertz CT molecular complexity index is 1450. The molecule has 1 heterocycles. The molecule has 0 radical (unpaired) electrons. The van der Waals surface area contributed by atoms with E-state index >= 15 is 0 Å². The molecule has 3 aromatic carbocycles. The second kappa shape index (κ2) is 9.82. The first kappa shape index (κ1) is 23.7. The lowest BCUT2D eigenvalue weighted by Crippen LogP contribution is -2.15. The van der Waals surface area contributed by atoms with Crippen LogP contribution in [0.5, 0.6) is 0 Å². The SMILES string of the molecule is Cc1ccc(C(=O)COC(=O)c2cc(-c3ccc(Br)cc3)nc3ccc(Br)cc23)cc1[N+](=O)[O-]. The normalized spacial score (nSPS) is 10.8. The van der Waals surface area contributed by atoms with Gasteiger partial charge in [0.05, 0.1) is 21.7 Å². The van der Waals surface area contributed by atoms with Crippen molar-refractivity contribution in [3.8, 4) is 11.3 Å². The van der Waals surface area contributed by atoms with E-state index in [1.165, 1.54) is 18.2 Å². The summed E-state index contributed by atoms with van der Waals surface area (Å²) in [6.45, 7) is 1.03. The minimum Gasteiger partial charge on any atom is -0.454 e. The number of nitro benzene ring substituents is 1. The minimum atomic E-state index is -0.696. The summed E-state index contributed by atoms with van der Waals surface area (Å²) in [5.74, 6) is -1.23. The molecule has 1 aromatic heterocycles. The van der Waals surface area contributed by atoms with Gasteiger partial charge in [-0.3, -0.25) is 14.9 Å². The van der Waals surface area contributed by atoms with Crippen molar-refractivity contribution in [1.29, 1.82) is 0 Å². The summed E-state index contributed by atoms with van der Waals surface area (Å²) < 4.78 is 7.00. The first-order valence-electron chi connectivity index (χ1n) is 10.0. The molecule has 0 saturated carbocycles. The maximum atomic E-state index is 13.0. The molecule has 7 nitrogen and oxygen atoms in total. The van der Waals surface area contributed by atoms with Crippen molar-refractivity contribution in [1.82, 2.24) is 4.98 Å². The smallest absolute Gasteiger partial charge is 0.339 e. The molecule has 0 bridgehead atoms. The van der Waals surface area contributed by atoms with Gasteiger partial charge in [-0.2, -0.15) is 0 Å². The van der Waals surface area contributed by atoms with Gasteiger partial charge in [-0.25, -0.2) is 9.78 Å². The third kappa shape index (κ3) is 5.05. The van der Waals surface area contributed by atoms with E-state index in [-0.39, 0.29) is 16.8 Å². The summed E-state index contributed by atoms with van der Waals surface area (Å²) in [5, 5.41) is 11.7. The number of hydrogen-bond donors (Lipinski definition) is 0. The van der Waals surface area contributed by atoms with Crippen LogP contribution in [0.4, 0.5) is 5.69 Å². The van der Waals surface area contributed by atoms with Gasteiger partial charge in [0.1, 0.15) is 0 Å². The van der Waals surface area contributed by atoms with Crippen LogP contribution in [-0.2, 0) is 4.74 Å². The zero-order valence-electron chi connectivity index (χ0n) is 17.7. The number of esters is 1. The molecule has 0 aliphatic heterocycles. The Morgan fingerprint density at radius 1 is 0.971 bits per heavy atom. The number of aromatic nitrogens is 1. The van der Waals surface area contributed by atoms with E-state index in [9.17, 15) is 19.7 Å². The number of nitro groups is 1. The monoisotopic (exact) mass is 582 g/mol. The molecule has 9 heteroatoms. The van der Waals surface area contributed by atoms with Crippen LogP contribution in [0.2, 0.25) is 0 Å². The highest BCUT2D eigenvalue weighted by molar-refractivity contribution is 9.10. The van der Waals surface area contributed by atoms with Crippen molar-refractivity contribution in [3.05, 3.63) is 102 Å². The number of nitrogens with zero attached hydrogens (tertiary/aromatic N) is 2. The fourth-order valence-corrected chi connectivity index (χ4v) is 4.03. The Morgan fingerprint density at radius 2 is 1.68 bits per heavy atom. The van der Waals surface area contributed by atoms with Gasteiger partial charge in [0, 0.05) is 37.1 Å². The zero-order chi connectivity index (χ0) is 24.4. The largest absolute Gasteiger partial charge is 0.454 e. The van der Waals surface area contributed by atoms with Gasteiger partial charge >= 0.3 is 5.97 Å². The van der Waals surface area contributed by atoms with E-state index in [2.05, 4.69) is 36.8 Å². The summed E-state index contributed by atoms with van der Waals surface area (Å²) in [6.07, 6.45) is 0. The lowest BCUT2D eigenvalue weighted by Gasteiger charge is -2.11. The van der Waals surface area contributed by atoms with E-state index in [4.69, 9.17) is 4.74 Å². The molecule has 0 atom stereocenters. The summed E-state index contributed by atoms with van der Waals surface area (Å²) in [5.41, 5.74) is 2.61. The second-order valence-corrected chi connectivity index (χ2v) is 9.31. The van der Waals surface area contributed by atoms with Gasteiger partial charge < -0.3 is 4.74 Å². The number of fused-ring (bicyclic) bond motifs is 1. The third-order valence-electron chi connectivity index (χ3n) is 5.19. The maximum Gasteiger partial charge on any atom is 0.339 e. The van der Waals surface area contributed by atoms with Crippen LogP contribution in [0.3, 0.4) is 0 Å². The van der Waals surface area contributed by atoms with Crippen LogP contribution in [0.25, 0.3) is 22.2 Å². The number of Topliss-reactive ketones (excluding diaryl/α,β-unsaturated/α-hetero) is 1. The molecule has 0 saturated heterocycles. The fourth-order valence-electron chi connectivity index (χ4n) is 3.41. The summed E-state index contributed by atoms with van der Waals surface area (Å²) in [6, 6.07) is 18.7. The number of benzene rings is 3. The molecular weight excluding hydrogens is 568 g/mol. The molecule has 0 N–H and O–H groups in total. The average molecular weight is 584 g/mol. The molecule has 34 heavy (non-hydrogen) atoms. The standard InChI is InChI=1S/C25H16Br2N2O5/c1-14-2-3-16(10-23(14)29(32)33)24(30)13-34-25(31)20-12-22(15-4-6-17(26)7-5-15)28-21-9-8-18(27)11-19(20)21/h2-12H,13H2,1H3. The lowest BCUT2D eigenvalue weighted by atomic mass is 10.0. The molecule has 0 spiro atoms. The Kier molecular flexibility index (Phi) is 6.85. The second-order valence-electron chi connectivity index (χ2n) is 7.48. The molecule has 0 unspecified atom stereocenters. The number of hydrogen-bond acceptors (Lipinski definition) is 6. The van der Waals surface area contributed by atoms with Gasteiger partial charge in [0.15, 0.2) is 6.61 Å². The highest BCUT2D eigenvalue weighted by Gasteiger charge is 2.19. The van der Waals surface area contributed by atoms with Crippen molar-refractivity contribution in [2.24, 2.45) is 0 Å². The van der Waals surface area contributed by atoms with Gasteiger partial charge in [-0.05, 0) is 43.3 Å². The first-order chi connectivity index (χ1) is 16.2. The molecule has 4 rings (SSSR count). The Labute approximate surface area is 211 Å². The highest BCUT2D eigenvalue weighted by Crippen LogP contribution is 2.28. The van der Waals surface area contributed by atoms with Crippen LogP contribution in [0, 0.1) is 17.0 Å². The quantitative estimate of drug-likeness (QED) is 0.109. The molecule has 0 fully saturated rings. The average Bonchev–Trinajstić information content (AvgIpc) is 2.82. The molecule has 0 amide bonds. The number of aryl methyl sites for hydroxylation is 1. The van der Waals surface area contributed by atoms with Crippen molar-refractivity contribution in [3.63, 3.8) is 0 Å². The van der Waals surface area contributed by atoms with E-state index in [1.807, 2.05) is 30.3 Å². The molecule has 0 aliphatic rings. The first-order valence-corrected chi connectivity index (χ1v) is 11.6. The zero-order valence-corrected chi connectivity index (χ0v) is 20.9. The minimum absolute atomic E-state index is 0.1000. The molecule has 170 valence electrons. The maximum absolute atomic E-state index is 13.0. The lowest BCUT2D eigenvalue weighted by molar-refractivity contribution is -0.385. The van der Waals surface area contributed by atoms with Crippen LogP contribution in [-0.4, -0.2) is 28.3 Å². The van der Waals surface area contributed by atoms with Crippen LogP contribution in [0.15, 0.2) is 75.7 Å². The predicted molar refractivity (Wildman–Crippen MR) is 135 cm³/mol. The van der Waals surface area contributed by atoms with Gasteiger partial charge in [-0.1, -0.05) is 56.1 Å².